The van der Waals surface area contributed by atoms with Gasteiger partial charge in [0.1, 0.15) is 34.4 Å². The van der Waals surface area contributed by atoms with E-state index in [1.165, 1.54) is 14.2 Å². The summed E-state index contributed by atoms with van der Waals surface area (Å²) in [5.74, 6) is -5.49. The molecule has 0 saturated carbocycles. The summed E-state index contributed by atoms with van der Waals surface area (Å²) in [6, 6.07) is 12.1. The number of methoxy groups -OCH3 is 2. The Balaban J connectivity index is 1.84. The number of benzene rings is 4. The second-order valence-electron chi connectivity index (χ2n) is 9.19. The zero-order valence-electron chi connectivity index (χ0n) is 21.9. The lowest BCUT2D eigenvalue weighted by Gasteiger charge is -2.26. The summed E-state index contributed by atoms with van der Waals surface area (Å²) < 4.78 is 43.9. The minimum atomic E-state index is -1.25. The smallest absolute Gasteiger partial charge is 0.201 e. The largest absolute Gasteiger partial charge is 0.507 e. The molecule has 0 atom stereocenters. The van der Waals surface area contributed by atoms with Gasteiger partial charge < -0.3 is 30.3 Å². The van der Waals surface area contributed by atoms with Gasteiger partial charge >= 0.3 is 0 Å². The molecule has 0 aliphatic heterocycles. The molecule has 0 fully saturated rings. The maximum absolute atomic E-state index is 16.5. The molecule has 5 rings (SSSR count). The van der Waals surface area contributed by atoms with E-state index < -0.39 is 68.3 Å². The molecular formula is C30H24F2N2O6. The molecule has 0 heterocycles. The van der Waals surface area contributed by atoms with Crippen LogP contribution in [-0.4, -0.2) is 36.0 Å². The number of hydrogen-bond donors (Lipinski definition) is 4. The number of carbonyl (C=O) groups excluding carboxylic acids is 2. The van der Waals surface area contributed by atoms with E-state index >= 15 is 8.78 Å². The predicted molar refractivity (Wildman–Crippen MR) is 145 cm³/mol. The number of halogens is 2. The molecule has 10 heteroatoms. The number of carbonyl (C=O) groups is 2. The van der Waals surface area contributed by atoms with Crippen molar-refractivity contribution in [2.45, 2.75) is 13.8 Å². The predicted octanol–water partition coefficient (Wildman–Crippen LogP) is 6.27. The third-order valence-corrected chi connectivity index (χ3v) is 6.86. The van der Waals surface area contributed by atoms with Crippen molar-refractivity contribution >= 4 is 34.3 Å². The summed E-state index contributed by atoms with van der Waals surface area (Å²) in [5.41, 5.74) is -2.15. The molecule has 4 N–H and O–H groups in total. The van der Waals surface area contributed by atoms with Gasteiger partial charge in [0.15, 0.2) is 11.6 Å². The van der Waals surface area contributed by atoms with Crippen molar-refractivity contribution in [1.82, 2.24) is 0 Å². The molecule has 0 radical (unpaired) electrons. The molecule has 40 heavy (non-hydrogen) atoms. The molecule has 0 aromatic heterocycles. The zero-order valence-corrected chi connectivity index (χ0v) is 21.9. The number of aryl methyl sites for hydroxylation is 2. The van der Waals surface area contributed by atoms with Crippen molar-refractivity contribution in [2.75, 3.05) is 24.9 Å². The summed E-state index contributed by atoms with van der Waals surface area (Å²) in [4.78, 5) is 27.0. The van der Waals surface area contributed by atoms with Crippen LogP contribution >= 0.6 is 0 Å². The highest BCUT2D eigenvalue weighted by Crippen LogP contribution is 2.47. The normalized spacial score (nSPS) is 12.1. The number of nitrogens with one attached hydrogen (secondary N) is 2. The fourth-order valence-corrected chi connectivity index (χ4v) is 4.83. The van der Waals surface area contributed by atoms with Gasteiger partial charge in [-0.2, -0.15) is 0 Å². The molecular weight excluding hydrogens is 522 g/mol. The topological polar surface area (TPSA) is 117 Å². The maximum Gasteiger partial charge on any atom is 0.201 e. The molecule has 4 aromatic rings. The van der Waals surface area contributed by atoms with Crippen LogP contribution in [0.5, 0.6) is 23.0 Å². The van der Waals surface area contributed by atoms with Crippen LogP contribution in [0.4, 0.5) is 31.5 Å². The molecule has 0 spiro atoms. The van der Waals surface area contributed by atoms with E-state index in [4.69, 9.17) is 9.47 Å². The van der Waals surface area contributed by atoms with Crippen LogP contribution in [-0.2, 0) is 0 Å². The van der Waals surface area contributed by atoms with Gasteiger partial charge in [-0.1, -0.05) is 24.3 Å². The van der Waals surface area contributed by atoms with E-state index in [0.717, 1.165) is 12.1 Å². The summed E-state index contributed by atoms with van der Waals surface area (Å²) in [6.45, 7) is 3.45. The minimum Gasteiger partial charge on any atom is -0.507 e. The molecule has 204 valence electrons. The summed E-state index contributed by atoms with van der Waals surface area (Å²) in [6.07, 6.45) is 0. The SMILES string of the molecule is COc1cccc(C)c1Nc1c(F)c2c(c(F)c1Nc1c(C)cccc1OC)C(=O)c1c(O)ccc(O)c1C2=O. The van der Waals surface area contributed by atoms with E-state index in [1.807, 2.05) is 0 Å². The number of ketones is 2. The molecule has 0 saturated heterocycles. The van der Waals surface area contributed by atoms with Crippen molar-refractivity contribution in [3.05, 3.63) is 93.5 Å². The first-order valence-corrected chi connectivity index (χ1v) is 12.1. The molecule has 0 amide bonds. The summed E-state index contributed by atoms with van der Waals surface area (Å²) >= 11 is 0. The number of fused-ring (bicyclic) bond motifs is 2. The Morgan fingerprint density at radius 2 is 0.975 bits per heavy atom. The first-order chi connectivity index (χ1) is 19.1. The number of aromatic hydroxyl groups is 2. The van der Waals surface area contributed by atoms with Gasteiger partial charge in [-0.05, 0) is 49.2 Å². The minimum absolute atomic E-state index is 0.290. The van der Waals surface area contributed by atoms with E-state index in [0.29, 0.717) is 34.0 Å². The van der Waals surface area contributed by atoms with Crippen molar-refractivity contribution in [2.24, 2.45) is 0 Å². The van der Waals surface area contributed by atoms with Crippen LogP contribution in [0.1, 0.15) is 43.0 Å². The number of ether oxygens (including phenoxy) is 2. The van der Waals surface area contributed by atoms with E-state index in [1.54, 1.807) is 50.2 Å². The van der Waals surface area contributed by atoms with Crippen molar-refractivity contribution in [3.63, 3.8) is 0 Å². The standard InChI is InChI=1S/C30H24F2N2O6/c1-13-7-5-9-17(39-3)25(13)33-27-23(31)21-22(30(38)20-16(36)12-11-15(35)19(20)29(21)37)24(32)28(27)34-26-14(2)8-6-10-18(26)40-4/h5-12,33-36H,1-4H3. The lowest BCUT2D eigenvalue weighted by atomic mass is 9.81. The Labute approximate surface area is 227 Å². The molecule has 0 unspecified atom stereocenters. The first-order valence-electron chi connectivity index (χ1n) is 12.1. The van der Waals surface area contributed by atoms with Crippen molar-refractivity contribution < 1.29 is 38.1 Å². The Morgan fingerprint density at radius 3 is 1.32 bits per heavy atom. The number of para-hydroxylation sites is 2. The Bertz CT molecular complexity index is 1610. The van der Waals surface area contributed by atoms with E-state index in [2.05, 4.69) is 10.6 Å². The molecule has 4 aromatic carbocycles. The average molecular weight is 547 g/mol. The van der Waals surface area contributed by atoms with Gasteiger partial charge in [0, 0.05) is 0 Å². The number of rotatable bonds is 6. The van der Waals surface area contributed by atoms with E-state index in [9.17, 15) is 19.8 Å². The van der Waals surface area contributed by atoms with Gasteiger partial charge in [-0.3, -0.25) is 9.59 Å². The van der Waals surface area contributed by atoms with Crippen molar-refractivity contribution in [3.8, 4) is 23.0 Å². The Kier molecular flexibility index (Phi) is 6.54. The third kappa shape index (κ3) is 3.96. The number of anilines is 4. The van der Waals surface area contributed by atoms with Gasteiger partial charge in [0.05, 0.1) is 47.8 Å². The first kappa shape index (κ1) is 26.5. The van der Waals surface area contributed by atoms with Crippen LogP contribution < -0.4 is 20.1 Å². The fraction of sp³-hybridized carbons (Fsp3) is 0.133. The molecule has 1 aliphatic rings. The maximum atomic E-state index is 16.5. The number of hydrogen-bond acceptors (Lipinski definition) is 8. The van der Waals surface area contributed by atoms with Crippen LogP contribution in [0.2, 0.25) is 0 Å². The molecule has 0 bridgehead atoms. The Morgan fingerprint density at radius 1 is 0.600 bits per heavy atom. The highest BCUT2D eigenvalue weighted by atomic mass is 19.1. The van der Waals surface area contributed by atoms with Crippen molar-refractivity contribution in [1.29, 1.82) is 0 Å². The van der Waals surface area contributed by atoms with Gasteiger partial charge in [0.25, 0.3) is 0 Å². The van der Waals surface area contributed by atoms with Gasteiger partial charge in [0.2, 0.25) is 11.6 Å². The average Bonchev–Trinajstić information content (AvgIpc) is 2.93. The third-order valence-electron chi connectivity index (χ3n) is 6.86. The second-order valence-corrected chi connectivity index (χ2v) is 9.19. The highest BCUT2D eigenvalue weighted by Gasteiger charge is 2.41. The lowest BCUT2D eigenvalue weighted by Crippen LogP contribution is -2.26. The Hall–Kier alpha value is -5.12. The van der Waals surface area contributed by atoms with Crippen LogP contribution in [0, 0.1) is 25.5 Å². The zero-order chi connectivity index (χ0) is 28.9. The second kappa shape index (κ2) is 9.88. The fourth-order valence-electron chi connectivity index (χ4n) is 4.83. The van der Waals surface area contributed by atoms with Crippen LogP contribution in [0.3, 0.4) is 0 Å². The van der Waals surface area contributed by atoms with Crippen LogP contribution in [0.25, 0.3) is 0 Å². The van der Waals surface area contributed by atoms with E-state index in [-0.39, 0.29) is 0 Å². The number of phenols is 2. The summed E-state index contributed by atoms with van der Waals surface area (Å²) in [7, 11) is 2.82. The molecule has 8 nitrogen and oxygen atoms in total. The van der Waals surface area contributed by atoms with Gasteiger partial charge in [-0.15, -0.1) is 0 Å². The van der Waals surface area contributed by atoms with Crippen LogP contribution in [0.15, 0.2) is 48.5 Å². The monoisotopic (exact) mass is 546 g/mol. The lowest BCUT2D eigenvalue weighted by molar-refractivity contribution is 0.0967. The van der Waals surface area contributed by atoms with Gasteiger partial charge in [-0.25, -0.2) is 8.78 Å². The number of phenolic OH excluding ortho intramolecular Hbond substituents is 2. The highest BCUT2D eigenvalue weighted by molar-refractivity contribution is 6.31. The quantitative estimate of drug-likeness (QED) is 0.184. The molecule has 1 aliphatic carbocycles. The summed E-state index contributed by atoms with van der Waals surface area (Å²) in [5, 5.41) is 26.4.